The fourth-order valence-corrected chi connectivity index (χ4v) is 5.65. The van der Waals surface area contributed by atoms with Gasteiger partial charge in [0.05, 0.1) is 36.8 Å². The number of likely N-dealkylation sites (tertiary alicyclic amines) is 2. The number of pyridine rings is 1. The Bertz CT molecular complexity index is 1330. The van der Waals surface area contributed by atoms with Crippen LogP contribution in [0.15, 0.2) is 65.8 Å². The fraction of sp³-hybridized carbons (Fsp3) is 0.400. The molecule has 0 saturated carbocycles. The maximum atomic E-state index is 13.9. The molecule has 2 aliphatic heterocycles. The van der Waals surface area contributed by atoms with Gasteiger partial charge in [-0.3, -0.25) is 24.5 Å². The molecule has 2 saturated heterocycles. The third-order valence-corrected chi connectivity index (χ3v) is 7.78. The van der Waals surface area contributed by atoms with Gasteiger partial charge in [0.15, 0.2) is 0 Å². The standard InChI is InChI=1S/C30H35FN6O2/c1-32-18-24-17-21(31)19-37(24)28(38)20-36-15-12-22(13-16-36)34-27-11-10-26(29-25(27)9-6-14-33-29)30(39)35(2)23-7-4-3-5-8-23/h3-11,14,21-22,24,34H,1,12-13,15-20H2,2H3/t21-,24-/m0/s1. The van der Waals surface area contributed by atoms with E-state index in [-0.39, 0.29) is 30.4 Å². The van der Waals surface area contributed by atoms with Gasteiger partial charge in [0.1, 0.15) is 6.17 Å². The van der Waals surface area contributed by atoms with Gasteiger partial charge in [-0.2, -0.15) is 0 Å². The average Bonchev–Trinajstić information content (AvgIpc) is 3.34. The van der Waals surface area contributed by atoms with Crippen LogP contribution in [0.2, 0.25) is 0 Å². The van der Waals surface area contributed by atoms with Gasteiger partial charge in [-0.1, -0.05) is 18.2 Å². The number of fused-ring (bicyclic) bond motifs is 1. The Morgan fingerprint density at radius 1 is 1.13 bits per heavy atom. The Balaban J connectivity index is 1.22. The molecular weight excluding hydrogens is 495 g/mol. The van der Waals surface area contributed by atoms with Gasteiger partial charge < -0.3 is 15.1 Å². The number of piperidine rings is 1. The van der Waals surface area contributed by atoms with Crippen LogP contribution in [0.3, 0.4) is 0 Å². The smallest absolute Gasteiger partial charge is 0.260 e. The number of rotatable bonds is 8. The molecule has 2 aliphatic rings. The van der Waals surface area contributed by atoms with Crippen LogP contribution >= 0.6 is 0 Å². The zero-order valence-corrected chi connectivity index (χ0v) is 22.3. The predicted molar refractivity (Wildman–Crippen MR) is 153 cm³/mol. The summed E-state index contributed by atoms with van der Waals surface area (Å²) in [5, 5.41) is 4.56. The number of nitrogens with zero attached hydrogens (tertiary/aromatic N) is 5. The maximum Gasteiger partial charge on any atom is 0.260 e. The molecule has 8 nitrogen and oxygen atoms in total. The SMILES string of the molecule is C=NC[C@@H]1C[C@H](F)CN1C(=O)CN1CCC(Nc2ccc(C(=O)N(C)c3ccccc3)c3ncccc23)CC1. The van der Waals surface area contributed by atoms with Gasteiger partial charge >= 0.3 is 0 Å². The number of benzene rings is 2. The maximum absolute atomic E-state index is 13.9. The minimum absolute atomic E-state index is 0.0343. The van der Waals surface area contributed by atoms with E-state index >= 15 is 0 Å². The molecule has 2 amide bonds. The number of alkyl halides is 1. The van der Waals surface area contributed by atoms with E-state index in [0.717, 1.165) is 42.7 Å². The summed E-state index contributed by atoms with van der Waals surface area (Å²) in [7, 11) is 1.77. The van der Waals surface area contributed by atoms with E-state index in [0.29, 0.717) is 30.6 Å². The summed E-state index contributed by atoms with van der Waals surface area (Å²) in [5.74, 6) is -0.148. The summed E-state index contributed by atoms with van der Waals surface area (Å²) in [5.41, 5.74) is 2.98. The van der Waals surface area contributed by atoms with Crippen LogP contribution in [0.4, 0.5) is 15.8 Å². The minimum Gasteiger partial charge on any atom is -0.382 e. The minimum atomic E-state index is -0.986. The van der Waals surface area contributed by atoms with Crippen molar-refractivity contribution in [3.8, 4) is 0 Å². The molecule has 2 fully saturated rings. The van der Waals surface area contributed by atoms with Crippen molar-refractivity contribution in [2.45, 2.75) is 37.5 Å². The molecule has 0 bridgehead atoms. The van der Waals surface area contributed by atoms with Gasteiger partial charge in [0.2, 0.25) is 5.91 Å². The fourth-order valence-electron chi connectivity index (χ4n) is 5.65. The molecule has 0 spiro atoms. The lowest BCUT2D eigenvalue weighted by atomic mass is 10.0. The van der Waals surface area contributed by atoms with Crippen molar-refractivity contribution in [1.29, 1.82) is 0 Å². The zero-order valence-electron chi connectivity index (χ0n) is 22.3. The second-order valence-electron chi connectivity index (χ2n) is 10.4. The highest BCUT2D eigenvalue weighted by atomic mass is 19.1. The molecule has 204 valence electrons. The van der Waals surface area contributed by atoms with Crippen molar-refractivity contribution in [2.24, 2.45) is 4.99 Å². The number of anilines is 2. The van der Waals surface area contributed by atoms with E-state index in [9.17, 15) is 14.0 Å². The Morgan fingerprint density at radius 2 is 1.90 bits per heavy atom. The Hall–Kier alpha value is -3.85. The number of hydrogen-bond acceptors (Lipinski definition) is 6. The second-order valence-corrected chi connectivity index (χ2v) is 10.4. The molecule has 2 atom stereocenters. The summed E-state index contributed by atoms with van der Waals surface area (Å²) in [4.78, 5) is 40.1. The monoisotopic (exact) mass is 530 g/mol. The number of para-hydroxylation sites is 1. The lowest BCUT2D eigenvalue weighted by Crippen LogP contribution is -2.47. The third kappa shape index (κ3) is 5.93. The summed E-state index contributed by atoms with van der Waals surface area (Å²) in [6.07, 6.45) is 2.81. The number of carbonyl (C=O) groups excluding carboxylic acids is 2. The topological polar surface area (TPSA) is 81.1 Å². The van der Waals surface area contributed by atoms with Crippen LogP contribution < -0.4 is 10.2 Å². The van der Waals surface area contributed by atoms with Crippen molar-refractivity contribution in [3.63, 3.8) is 0 Å². The Labute approximate surface area is 228 Å². The van der Waals surface area contributed by atoms with Gasteiger partial charge in [0, 0.05) is 55.6 Å². The molecule has 3 heterocycles. The normalized spacial score (nSPS) is 20.2. The highest BCUT2D eigenvalue weighted by Gasteiger charge is 2.35. The second kappa shape index (κ2) is 11.9. The van der Waals surface area contributed by atoms with E-state index in [1.807, 2.05) is 54.6 Å². The lowest BCUT2D eigenvalue weighted by Gasteiger charge is -2.34. The van der Waals surface area contributed by atoms with E-state index < -0.39 is 6.17 Å². The molecule has 5 rings (SSSR count). The van der Waals surface area contributed by atoms with Crippen molar-refractivity contribution in [1.82, 2.24) is 14.8 Å². The van der Waals surface area contributed by atoms with E-state index in [2.05, 4.69) is 26.9 Å². The molecule has 3 aromatic rings. The number of hydrogen-bond donors (Lipinski definition) is 1. The molecule has 1 aromatic heterocycles. The first-order valence-corrected chi connectivity index (χ1v) is 13.5. The Morgan fingerprint density at radius 3 is 2.64 bits per heavy atom. The third-order valence-electron chi connectivity index (χ3n) is 7.78. The number of amides is 2. The summed E-state index contributed by atoms with van der Waals surface area (Å²) in [6.45, 7) is 5.88. The average molecular weight is 531 g/mol. The lowest BCUT2D eigenvalue weighted by molar-refractivity contribution is -0.133. The highest BCUT2D eigenvalue weighted by molar-refractivity contribution is 6.14. The van der Waals surface area contributed by atoms with Crippen molar-refractivity contribution in [2.75, 3.05) is 50.0 Å². The largest absolute Gasteiger partial charge is 0.382 e. The van der Waals surface area contributed by atoms with Crippen molar-refractivity contribution < 1.29 is 14.0 Å². The number of halogens is 1. The number of aliphatic imine (C=N–C) groups is 1. The van der Waals surface area contributed by atoms with Gasteiger partial charge in [-0.05, 0) is 56.0 Å². The number of carbonyl (C=O) groups is 2. The molecule has 1 N–H and O–H groups in total. The van der Waals surface area contributed by atoms with Gasteiger partial charge in [-0.25, -0.2) is 4.39 Å². The van der Waals surface area contributed by atoms with E-state index in [1.54, 1.807) is 23.0 Å². The first-order chi connectivity index (χ1) is 18.9. The quantitative estimate of drug-likeness (QED) is 0.445. The van der Waals surface area contributed by atoms with Crippen LogP contribution in [0.1, 0.15) is 29.6 Å². The van der Waals surface area contributed by atoms with Crippen molar-refractivity contribution in [3.05, 3.63) is 66.4 Å². The van der Waals surface area contributed by atoms with Crippen molar-refractivity contribution >= 4 is 40.8 Å². The molecule has 0 unspecified atom stereocenters. The van der Waals surface area contributed by atoms with Crippen LogP contribution in [0.5, 0.6) is 0 Å². The highest BCUT2D eigenvalue weighted by Crippen LogP contribution is 2.29. The van der Waals surface area contributed by atoms with Gasteiger partial charge in [-0.15, -0.1) is 0 Å². The first-order valence-electron chi connectivity index (χ1n) is 13.5. The van der Waals surface area contributed by atoms with E-state index in [1.165, 1.54) is 0 Å². The molecule has 9 heteroatoms. The summed E-state index contributed by atoms with van der Waals surface area (Å²) in [6, 6.07) is 17.3. The number of aromatic nitrogens is 1. The van der Waals surface area contributed by atoms with Gasteiger partial charge in [0.25, 0.3) is 5.91 Å². The zero-order chi connectivity index (χ0) is 27.4. The molecule has 0 radical (unpaired) electrons. The first kappa shape index (κ1) is 26.7. The Kier molecular flexibility index (Phi) is 8.16. The van der Waals surface area contributed by atoms with E-state index in [4.69, 9.17) is 0 Å². The molecule has 39 heavy (non-hydrogen) atoms. The van der Waals surface area contributed by atoms with Crippen LogP contribution in [-0.2, 0) is 4.79 Å². The van der Waals surface area contributed by atoms with Crippen LogP contribution in [-0.4, -0.2) is 91.3 Å². The van der Waals surface area contributed by atoms with Crippen LogP contribution in [0, 0.1) is 0 Å². The molecule has 2 aromatic carbocycles. The molecule has 0 aliphatic carbocycles. The number of nitrogens with one attached hydrogen (secondary N) is 1. The van der Waals surface area contributed by atoms with Crippen LogP contribution in [0.25, 0.3) is 10.9 Å². The molecular formula is C30H35FN6O2. The predicted octanol–water partition coefficient (Wildman–Crippen LogP) is 4.03. The summed E-state index contributed by atoms with van der Waals surface area (Å²) < 4.78 is 13.9. The summed E-state index contributed by atoms with van der Waals surface area (Å²) >= 11 is 0.